The van der Waals surface area contributed by atoms with Crippen molar-refractivity contribution in [1.29, 1.82) is 0 Å². The third kappa shape index (κ3) is 4.17. The Morgan fingerprint density at radius 2 is 2.12 bits per heavy atom. The third-order valence-electron chi connectivity index (χ3n) is 4.22. The highest BCUT2D eigenvalue weighted by Gasteiger charge is 2.23. The average molecular weight is 334 g/mol. The lowest BCUT2D eigenvalue weighted by atomic mass is 10.0. The van der Waals surface area contributed by atoms with Gasteiger partial charge in [0.15, 0.2) is 0 Å². The number of H-pyrrole nitrogens is 1. The summed E-state index contributed by atoms with van der Waals surface area (Å²) in [6.07, 6.45) is 3.60. The van der Waals surface area contributed by atoms with Crippen molar-refractivity contribution in [1.82, 2.24) is 20.4 Å². The molecule has 2 N–H and O–H groups in total. The summed E-state index contributed by atoms with van der Waals surface area (Å²) in [5.41, 5.74) is 0.843. The van der Waals surface area contributed by atoms with Gasteiger partial charge in [-0.1, -0.05) is 6.07 Å². The maximum absolute atomic E-state index is 13.8. The summed E-state index contributed by atoms with van der Waals surface area (Å²) >= 11 is 0. The predicted molar refractivity (Wildman–Crippen MR) is 85.1 cm³/mol. The molecule has 0 aliphatic carbocycles. The van der Waals surface area contributed by atoms with Gasteiger partial charge in [0, 0.05) is 36.6 Å². The van der Waals surface area contributed by atoms with Gasteiger partial charge in [-0.25, -0.2) is 8.78 Å². The van der Waals surface area contributed by atoms with Gasteiger partial charge in [0.25, 0.3) is 0 Å². The number of halogens is 2. The molecule has 1 fully saturated rings. The summed E-state index contributed by atoms with van der Waals surface area (Å²) in [6, 6.07) is 5.65. The second-order valence-corrected chi connectivity index (χ2v) is 6.10. The predicted octanol–water partition coefficient (Wildman–Crippen LogP) is 2.01. The molecule has 0 bridgehead atoms. The van der Waals surface area contributed by atoms with Crippen LogP contribution in [-0.4, -0.2) is 40.1 Å². The summed E-state index contributed by atoms with van der Waals surface area (Å²) in [4.78, 5) is 14.0. The topological polar surface area (TPSA) is 61.0 Å². The summed E-state index contributed by atoms with van der Waals surface area (Å²) in [7, 11) is 0. The van der Waals surface area contributed by atoms with Crippen LogP contribution in [0.25, 0.3) is 0 Å². The van der Waals surface area contributed by atoms with Crippen molar-refractivity contribution in [3.63, 3.8) is 0 Å². The highest BCUT2D eigenvalue weighted by Crippen LogP contribution is 2.18. The molecule has 5 nitrogen and oxygen atoms in total. The fraction of sp³-hybridized carbons (Fsp3) is 0.412. The fourth-order valence-electron chi connectivity index (χ4n) is 3.06. The monoisotopic (exact) mass is 334 g/mol. The van der Waals surface area contributed by atoms with Gasteiger partial charge >= 0.3 is 0 Å². The fourth-order valence-corrected chi connectivity index (χ4v) is 3.06. The van der Waals surface area contributed by atoms with E-state index in [2.05, 4.69) is 15.5 Å². The number of nitrogens with zero attached hydrogens (tertiary/aromatic N) is 2. The minimum atomic E-state index is -0.527. The molecule has 2 heterocycles. The van der Waals surface area contributed by atoms with E-state index in [-0.39, 0.29) is 30.5 Å². The number of benzene rings is 1. The normalized spacial score (nSPS) is 18.5. The number of hydrogen-bond acceptors (Lipinski definition) is 3. The molecule has 7 heteroatoms. The van der Waals surface area contributed by atoms with E-state index in [1.807, 2.05) is 4.90 Å². The number of likely N-dealkylation sites (tertiary alicyclic amines) is 1. The Morgan fingerprint density at radius 3 is 2.83 bits per heavy atom. The zero-order valence-electron chi connectivity index (χ0n) is 13.3. The van der Waals surface area contributed by atoms with E-state index in [0.29, 0.717) is 6.54 Å². The van der Waals surface area contributed by atoms with E-state index in [1.54, 1.807) is 12.3 Å². The van der Waals surface area contributed by atoms with E-state index in [1.165, 1.54) is 18.2 Å². The number of nitrogens with one attached hydrogen (secondary N) is 2. The first kappa shape index (κ1) is 16.6. The Kier molecular flexibility index (Phi) is 5.20. The first-order valence-electron chi connectivity index (χ1n) is 8.04. The molecule has 0 radical (unpaired) electrons. The summed E-state index contributed by atoms with van der Waals surface area (Å²) in [6.45, 7) is 1.56. The van der Waals surface area contributed by atoms with Gasteiger partial charge in [-0.05, 0) is 37.6 Å². The molecular formula is C17H20F2N4O. The largest absolute Gasteiger partial charge is 0.352 e. The number of rotatable bonds is 5. The second-order valence-electron chi connectivity index (χ2n) is 6.10. The number of hydrogen-bond donors (Lipinski definition) is 2. The molecule has 3 rings (SSSR count). The van der Waals surface area contributed by atoms with Crippen molar-refractivity contribution in [2.45, 2.75) is 31.8 Å². The van der Waals surface area contributed by atoms with Gasteiger partial charge in [-0.3, -0.25) is 14.8 Å². The van der Waals surface area contributed by atoms with Crippen LogP contribution >= 0.6 is 0 Å². The highest BCUT2D eigenvalue weighted by atomic mass is 19.1. The van der Waals surface area contributed by atoms with Crippen LogP contribution in [0.4, 0.5) is 8.78 Å². The maximum atomic E-state index is 13.8. The van der Waals surface area contributed by atoms with Crippen LogP contribution in [0, 0.1) is 11.6 Å². The van der Waals surface area contributed by atoms with Gasteiger partial charge in [-0.2, -0.15) is 5.10 Å². The molecule has 1 atom stereocenters. The van der Waals surface area contributed by atoms with Gasteiger partial charge in [0.05, 0.1) is 6.42 Å². The number of amides is 1. The quantitative estimate of drug-likeness (QED) is 0.879. The minimum Gasteiger partial charge on any atom is -0.352 e. The number of aromatic amines is 1. The van der Waals surface area contributed by atoms with Crippen molar-refractivity contribution < 1.29 is 13.6 Å². The average Bonchev–Trinajstić information content (AvgIpc) is 3.04. The standard InChI is InChI=1S/C17H20F2N4O/c18-15-4-1-5-16(19)14(15)11-23-8-2-3-13(10-23)21-17(24)9-12-6-7-20-22-12/h1,4-7,13H,2-3,8-11H2,(H,20,22)(H,21,24). The van der Waals surface area contributed by atoms with Crippen LogP contribution < -0.4 is 5.32 Å². The number of carbonyl (C=O) groups excluding carboxylic acids is 1. The lowest BCUT2D eigenvalue weighted by Crippen LogP contribution is -2.47. The molecule has 1 aliphatic heterocycles. The molecule has 1 aromatic carbocycles. The summed E-state index contributed by atoms with van der Waals surface area (Å²) < 4.78 is 27.6. The lowest BCUT2D eigenvalue weighted by molar-refractivity contribution is -0.121. The van der Waals surface area contributed by atoms with Crippen LogP contribution in [0.1, 0.15) is 24.1 Å². The molecule has 1 aliphatic rings. The van der Waals surface area contributed by atoms with E-state index in [9.17, 15) is 13.6 Å². The SMILES string of the molecule is O=C(Cc1ccn[nH]1)NC1CCCN(Cc2c(F)cccc2F)C1. The molecule has 24 heavy (non-hydrogen) atoms. The van der Waals surface area contributed by atoms with E-state index >= 15 is 0 Å². The van der Waals surface area contributed by atoms with Crippen LogP contribution in [0.5, 0.6) is 0 Å². The van der Waals surface area contributed by atoms with Crippen molar-refractivity contribution in [3.8, 4) is 0 Å². The Hall–Kier alpha value is -2.28. The van der Waals surface area contributed by atoms with Crippen LogP contribution in [-0.2, 0) is 17.8 Å². The summed E-state index contributed by atoms with van der Waals surface area (Å²) in [5, 5.41) is 9.55. The first-order valence-corrected chi connectivity index (χ1v) is 8.04. The molecule has 0 spiro atoms. The molecule has 1 aromatic heterocycles. The van der Waals surface area contributed by atoms with Gasteiger partial charge in [0.2, 0.25) is 5.91 Å². The number of aromatic nitrogens is 2. The van der Waals surface area contributed by atoms with Crippen molar-refractivity contribution in [3.05, 3.63) is 53.4 Å². The Bertz CT molecular complexity index is 670. The number of piperidine rings is 1. The smallest absolute Gasteiger partial charge is 0.226 e. The van der Waals surface area contributed by atoms with Gasteiger partial charge < -0.3 is 5.32 Å². The molecule has 128 valence electrons. The van der Waals surface area contributed by atoms with E-state index < -0.39 is 11.6 Å². The molecule has 1 saturated heterocycles. The molecule has 2 aromatic rings. The van der Waals surface area contributed by atoms with Crippen molar-refractivity contribution in [2.24, 2.45) is 0 Å². The maximum Gasteiger partial charge on any atom is 0.226 e. The van der Waals surface area contributed by atoms with Crippen molar-refractivity contribution >= 4 is 5.91 Å². The van der Waals surface area contributed by atoms with E-state index in [4.69, 9.17) is 0 Å². The molecule has 1 unspecified atom stereocenters. The first-order chi connectivity index (χ1) is 11.6. The van der Waals surface area contributed by atoms with Crippen molar-refractivity contribution in [2.75, 3.05) is 13.1 Å². The third-order valence-corrected chi connectivity index (χ3v) is 4.22. The van der Waals surface area contributed by atoms with Gasteiger partial charge in [-0.15, -0.1) is 0 Å². The number of carbonyl (C=O) groups is 1. The highest BCUT2D eigenvalue weighted by molar-refractivity contribution is 5.78. The summed E-state index contributed by atoms with van der Waals surface area (Å²) in [5.74, 6) is -1.14. The van der Waals surface area contributed by atoms with Crippen LogP contribution in [0.2, 0.25) is 0 Å². The zero-order valence-corrected chi connectivity index (χ0v) is 13.3. The van der Waals surface area contributed by atoms with E-state index in [0.717, 1.165) is 25.1 Å². The van der Waals surface area contributed by atoms with Crippen LogP contribution in [0.3, 0.4) is 0 Å². The van der Waals surface area contributed by atoms with Gasteiger partial charge in [0.1, 0.15) is 11.6 Å². The minimum absolute atomic E-state index is 0.0102. The Morgan fingerprint density at radius 1 is 1.33 bits per heavy atom. The lowest BCUT2D eigenvalue weighted by Gasteiger charge is -2.33. The zero-order chi connectivity index (χ0) is 16.9. The second kappa shape index (κ2) is 7.53. The molecular weight excluding hydrogens is 314 g/mol. The Balaban J connectivity index is 1.55. The Labute approximate surface area is 139 Å². The molecule has 0 saturated carbocycles. The van der Waals surface area contributed by atoms with Crippen LogP contribution in [0.15, 0.2) is 30.5 Å². The molecule has 1 amide bonds.